The molecule has 1 aromatic heterocycles. The maximum Gasteiger partial charge on any atom is 0.230 e. The molecule has 112 valence electrons. The minimum atomic E-state index is -0.346. The largest absolute Gasteiger partial charge is 0.369 e. The zero-order valence-corrected chi connectivity index (χ0v) is 13.9. The molecule has 0 spiro atoms. The molecule has 3 N–H and O–H groups in total. The Morgan fingerprint density at radius 1 is 1.35 bits per heavy atom. The Kier molecular flexibility index (Phi) is 7.93. The van der Waals surface area contributed by atoms with Gasteiger partial charge in [0.05, 0.1) is 11.0 Å². The van der Waals surface area contributed by atoms with Crippen molar-refractivity contribution in [2.45, 2.75) is 40.6 Å². The molecule has 1 aromatic rings. The van der Waals surface area contributed by atoms with Crippen molar-refractivity contribution in [3.8, 4) is 0 Å². The van der Waals surface area contributed by atoms with E-state index >= 15 is 0 Å². The highest BCUT2D eigenvalue weighted by atomic mass is 32.2. The summed E-state index contributed by atoms with van der Waals surface area (Å²) in [6.45, 7) is 4.59. The zero-order chi connectivity index (χ0) is 15.0. The van der Waals surface area contributed by atoms with Crippen LogP contribution in [-0.4, -0.2) is 39.6 Å². The van der Waals surface area contributed by atoms with Gasteiger partial charge in [0, 0.05) is 6.54 Å². The summed E-state index contributed by atoms with van der Waals surface area (Å²) in [4.78, 5) is 22.6. The smallest absolute Gasteiger partial charge is 0.230 e. The fraction of sp³-hybridized carbons (Fsp3) is 0.636. The maximum absolute atomic E-state index is 11.5. The lowest BCUT2D eigenvalue weighted by Gasteiger charge is -2.06. The Balaban J connectivity index is 2.43. The van der Waals surface area contributed by atoms with Gasteiger partial charge in [-0.15, -0.1) is 10.2 Å². The van der Waals surface area contributed by atoms with Crippen LogP contribution < -0.4 is 11.1 Å². The molecule has 1 heterocycles. The van der Waals surface area contributed by atoms with Gasteiger partial charge in [0.2, 0.25) is 11.8 Å². The van der Waals surface area contributed by atoms with E-state index in [2.05, 4.69) is 15.5 Å². The second-order valence-electron chi connectivity index (χ2n) is 3.89. The van der Waals surface area contributed by atoms with Crippen molar-refractivity contribution in [3.05, 3.63) is 0 Å². The lowest BCUT2D eigenvalue weighted by atomic mass is 10.3. The highest BCUT2D eigenvalue weighted by Crippen LogP contribution is 2.31. The molecule has 9 heteroatoms. The van der Waals surface area contributed by atoms with E-state index < -0.39 is 0 Å². The summed E-state index contributed by atoms with van der Waals surface area (Å²) in [7, 11) is 0. The summed E-state index contributed by atoms with van der Waals surface area (Å²) in [5.74, 6) is -0.0301. The van der Waals surface area contributed by atoms with Crippen LogP contribution in [0.1, 0.15) is 26.7 Å². The summed E-state index contributed by atoms with van der Waals surface area (Å²) < 4.78 is 1.42. The molecule has 0 unspecified atom stereocenters. The summed E-state index contributed by atoms with van der Waals surface area (Å²) in [5, 5.41) is 10.5. The molecule has 2 amide bonds. The Hall–Kier alpha value is -0.800. The number of hydrogen-bond acceptors (Lipinski definition) is 7. The second-order valence-corrected chi connectivity index (χ2v) is 7.54. The van der Waals surface area contributed by atoms with Crippen LogP contribution in [0.5, 0.6) is 0 Å². The van der Waals surface area contributed by atoms with E-state index in [1.807, 2.05) is 13.8 Å². The molecular formula is C11H18N4O2S3. The first kappa shape index (κ1) is 17.3. The van der Waals surface area contributed by atoms with E-state index in [0.29, 0.717) is 23.1 Å². The van der Waals surface area contributed by atoms with E-state index in [4.69, 9.17) is 5.73 Å². The van der Waals surface area contributed by atoms with E-state index in [1.165, 1.54) is 34.9 Å². The first-order chi connectivity index (χ1) is 9.56. The molecule has 1 atom stereocenters. The first-order valence-electron chi connectivity index (χ1n) is 6.25. The van der Waals surface area contributed by atoms with Crippen molar-refractivity contribution in [2.24, 2.45) is 5.73 Å². The minimum Gasteiger partial charge on any atom is -0.369 e. The number of primary amides is 1. The summed E-state index contributed by atoms with van der Waals surface area (Å²) in [6, 6.07) is 0. The van der Waals surface area contributed by atoms with Gasteiger partial charge in [-0.05, 0) is 12.8 Å². The molecule has 6 nitrogen and oxygen atoms in total. The van der Waals surface area contributed by atoms with Crippen LogP contribution >= 0.6 is 34.9 Å². The van der Waals surface area contributed by atoms with Crippen molar-refractivity contribution >= 4 is 46.7 Å². The number of nitrogens with zero attached hydrogens (tertiary/aromatic N) is 2. The van der Waals surface area contributed by atoms with Crippen LogP contribution in [-0.2, 0) is 9.59 Å². The predicted molar refractivity (Wildman–Crippen MR) is 83.1 cm³/mol. The molecule has 20 heavy (non-hydrogen) atoms. The molecular weight excluding hydrogens is 316 g/mol. The van der Waals surface area contributed by atoms with Crippen LogP contribution in [0, 0.1) is 0 Å². The molecule has 1 rings (SSSR count). The Labute approximate surface area is 130 Å². The number of nitrogens with two attached hydrogens (primary N) is 1. The highest BCUT2D eigenvalue weighted by molar-refractivity contribution is 8.04. The first-order valence-corrected chi connectivity index (χ1v) is 8.94. The van der Waals surface area contributed by atoms with Gasteiger partial charge < -0.3 is 11.1 Å². The molecule has 0 aliphatic rings. The molecule has 0 saturated heterocycles. The number of nitrogens with one attached hydrogen (secondary N) is 1. The van der Waals surface area contributed by atoms with Crippen LogP contribution in [0.25, 0.3) is 0 Å². The van der Waals surface area contributed by atoms with E-state index in [0.717, 1.165) is 10.8 Å². The van der Waals surface area contributed by atoms with Gasteiger partial charge >= 0.3 is 0 Å². The topological polar surface area (TPSA) is 98.0 Å². The van der Waals surface area contributed by atoms with Crippen molar-refractivity contribution in [1.82, 2.24) is 15.5 Å². The van der Waals surface area contributed by atoms with Crippen LogP contribution in [0.3, 0.4) is 0 Å². The van der Waals surface area contributed by atoms with Gasteiger partial charge in [0.25, 0.3) is 0 Å². The Bertz CT molecular complexity index is 453. The number of rotatable bonds is 9. The lowest BCUT2D eigenvalue weighted by Crippen LogP contribution is -2.25. The van der Waals surface area contributed by atoms with Crippen LogP contribution in [0.2, 0.25) is 0 Å². The second kappa shape index (κ2) is 9.19. The van der Waals surface area contributed by atoms with Gasteiger partial charge in [0.1, 0.15) is 0 Å². The van der Waals surface area contributed by atoms with Gasteiger partial charge in [-0.25, -0.2) is 0 Å². The number of carbonyl (C=O) groups excluding carboxylic acids is 2. The fourth-order valence-corrected chi connectivity index (χ4v) is 4.18. The van der Waals surface area contributed by atoms with Crippen molar-refractivity contribution in [3.63, 3.8) is 0 Å². The van der Waals surface area contributed by atoms with Crippen LogP contribution in [0.15, 0.2) is 8.68 Å². The third-order valence-electron chi connectivity index (χ3n) is 2.22. The number of amides is 2. The lowest BCUT2D eigenvalue weighted by molar-refractivity contribution is -0.119. The summed E-state index contributed by atoms with van der Waals surface area (Å²) in [5.41, 5.74) is 5.29. The number of aromatic nitrogens is 2. The average Bonchev–Trinajstić information content (AvgIpc) is 2.87. The van der Waals surface area contributed by atoms with Gasteiger partial charge in [-0.3, -0.25) is 9.59 Å². The molecule has 0 aliphatic carbocycles. The maximum atomic E-state index is 11.5. The third-order valence-corrected chi connectivity index (χ3v) is 5.74. The zero-order valence-electron chi connectivity index (χ0n) is 11.4. The summed E-state index contributed by atoms with van der Waals surface area (Å²) >= 11 is 4.04. The molecule has 0 fully saturated rings. The van der Waals surface area contributed by atoms with E-state index in [9.17, 15) is 9.59 Å². The quantitative estimate of drug-likeness (QED) is 0.664. The standard InChI is InChI=1S/C11H18N4O2S3/c1-3-5-13-8(16)6-18-10-14-15-11(20-10)19-7(4-2)9(12)17/h7H,3-6H2,1-2H3,(H2,12,17)(H,13,16)/t7-/m0/s1. The average molecular weight is 334 g/mol. The minimum absolute atomic E-state index is 0.00942. The SMILES string of the molecule is CCCNC(=O)CSc1nnc(S[C@@H](CC)C(N)=O)s1. The molecule has 0 aromatic carbocycles. The normalized spacial score (nSPS) is 12.1. The van der Waals surface area contributed by atoms with Crippen molar-refractivity contribution < 1.29 is 9.59 Å². The van der Waals surface area contributed by atoms with E-state index in [-0.39, 0.29) is 17.1 Å². The number of hydrogen-bond donors (Lipinski definition) is 2. The monoisotopic (exact) mass is 334 g/mol. The number of thioether (sulfide) groups is 2. The number of carbonyl (C=O) groups is 2. The van der Waals surface area contributed by atoms with Gasteiger partial charge in [0.15, 0.2) is 8.68 Å². The van der Waals surface area contributed by atoms with Crippen molar-refractivity contribution in [2.75, 3.05) is 12.3 Å². The summed E-state index contributed by atoms with van der Waals surface area (Å²) in [6.07, 6.45) is 1.57. The fourth-order valence-electron chi connectivity index (χ4n) is 1.21. The van der Waals surface area contributed by atoms with Crippen LogP contribution in [0.4, 0.5) is 0 Å². The molecule has 0 saturated carbocycles. The Morgan fingerprint density at radius 3 is 2.65 bits per heavy atom. The van der Waals surface area contributed by atoms with E-state index in [1.54, 1.807) is 0 Å². The van der Waals surface area contributed by atoms with Gasteiger partial charge in [-0.1, -0.05) is 48.7 Å². The van der Waals surface area contributed by atoms with Gasteiger partial charge in [-0.2, -0.15) is 0 Å². The third kappa shape index (κ3) is 6.10. The highest BCUT2D eigenvalue weighted by Gasteiger charge is 2.17. The molecule has 0 aliphatic heterocycles. The predicted octanol–water partition coefficient (Wildman–Crippen LogP) is 1.51. The Morgan fingerprint density at radius 2 is 2.05 bits per heavy atom. The molecule has 0 bridgehead atoms. The van der Waals surface area contributed by atoms with Crippen molar-refractivity contribution in [1.29, 1.82) is 0 Å². The molecule has 0 radical (unpaired) electrons.